The Hall–Kier alpha value is -7.60. The van der Waals surface area contributed by atoms with Crippen LogP contribution in [0.5, 0.6) is 11.5 Å². The number of methoxy groups -OCH3 is 1. The van der Waals surface area contributed by atoms with Gasteiger partial charge >= 0.3 is 0 Å². The lowest BCUT2D eigenvalue weighted by Gasteiger charge is -2.51. The second-order valence-corrected chi connectivity index (χ2v) is 19.9. The Morgan fingerprint density at radius 1 is 0.438 bits per heavy atom. The van der Waals surface area contributed by atoms with Gasteiger partial charge in [-0.1, -0.05) is 170 Å². The molecule has 0 unspecified atom stereocenters. The molecule has 2 saturated heterocycles. The molecule has 3 heterocycles. The van der Waals surface area contributed by atoms with E-state index in [2.05, 4.69) is 24.3 Å². The third kappa shape index (κ3) is 12.7. The van der Waals surface area contributed by atoms with Crippen molar-refractivity contribution in [3.63, 3.8) is 0 Å². The zero-order chi connectivity index (χ0) is 54.6. The fraction of sp³-hybridized carbons (Fsp3) is 0.273. The first-order valence-electron chi connectivity index (χ1n) is 26.9. The molecule has 0 aliphatic carbocycles. The molecule has 0 bridgehead atoms. The summed E-state index contributed by atoms with van der Waals surface area (Å²) in [5.74, 6) is -0.167. The van der Waals surface area contributed by atoms with Gasteiger partial charge in [0.15, 0.2) is 6.29 Å². The molecule has 410 valence electrons. The molecule has 11 rings (SSSR count). The van der Waals surface area contributed by atoms with E-state index in [1.165, 1.54) is 0 Å². The summed E-state index contributed by atoms with van der Waals surface area (Å²) in [5, 5.41) is 13.6. The Bertz CT molecular complexity index is 3230. The molecular weight excluding hydrogens is 1010 g/mol. The highest BCUT2D eigenvalue weighted by Gasteiger charge is 2.58. The zero-order valence-electron chi connectivity index (χ0n) is 44.2. The lowest BCUT2D eigenvalue weighted by Crippen LogP contribution is -2.69. The number of carbonyl (C=O) groups is 2. The van der Waals surface area contributed by atoms with Crippen LogP contribution >= 0.6 is 0 Å². The number of amides is 2. The van der Waals surface area contributed by atoms with Crippen molar-refractivity contribution in [2.75, 3.05) is 20.3 Å². The normalized spacial score (nSPS) is 23.7. The first kappa shape index (κ1) is 54.4. The standard InChI is InChI=1S/C66H63NO13/c1-71-51-32-34-52(35-33-51)77-65-57(67-63(69)53-28-16-17-29-54(53)64(67)70)60(74-40-46-22-10-4-11-23-46)59(56(79-65)43-72-38-44-18-6-2-7-19-44)80-66-62(76-41-47-24-12-5-13-25-47)61(75-42-48-30-31-49-26-14-15-27-50(49)36-48)58(55(37-68)78-66)73-39-45-20-8-3-9-21-45/h2-36,55-62,65-66,68H,37-43H2,1H3/t55-,56+,57+,58-,59+,60+,61+,62+,65+,66+/m0/s1. The van der Waals surface area contributed by atoms with E-state index in [0.717, 1.165) is 43.5 Å². The van der Waals surface area contributed by atoms with Crippen LogP contribution in [0, 0.1) is 0 Å². The smallest absolute Gasteiger partial charge is 0.262 e. The predicted molar refractivity (Wildman–Crippen MR) is 297 cm³/mol. The van der Waals surface area contributed by atoms with E-state index in [9.17, 15) is 14.7 Å². The molecule has 80 heavy (non-hydrogen) atoms. The first-order valence-corrected chi connectivity index (χ1v) is 26.9. The van der Waals surface area contributed by atoms with Crippen molar-refractivity contribution in [1.29, 1.82) is 0 Å². The van der Waals surface area contributed by atoms with E-state index in [1.807, 2.05) is 140 Å². The Kier molecular flexibility index (Phi) is 17.7. The van der Waals surface area contributed by atoms with Gasteiger partial charge in [-0.05, 0) is 81.1 Å². The summed E-state index contributed by atoms with van der Waals surface area (Å²) in [6, 6.07) is 65.4. The van der Waals surface area contributed by atoms with E-state index in [0.29, 0.717) is 11.5 Å². The molecular formula is C66H63NO13. The van der Waals surface area contributed by atoms with Gasteiger partial charge in [-0.25, -0.2) is 0 Å². The maximum atomic E-state index is 14.9. The van der Waals surface area contributed by atoms with Crippen molar-refractivity contribution in [3.05, 3.63) is 251 Å². The summed E-state index contributed by atoms with van der Waals surface area (Å²) in [4.78, 5) is 31.0. The van der Waals surface area contributed by atoms with Crippen LogP contribution in [-0.2, 0) is 70.9 Å². The third-order valence-electron chi connectivity index (χ3n) is 14.6. The number of aliphatic hydroxyl groups excluding tert-OH is 1. The van der Waals surface area contributed by atoms with Crippen LogP contribution in [0.4, 0.5) is 0 Å². The van der Waals surface area contributed by atoms with Crippen LogP contribution in [0.25, 0.3) is 10.8 Å². The molecule has 3 aliphatic heterocycles. The van der Waals surface area contributed by atoms with E-state index in [1.54, 1.807) is 55.6 Å². The highest BCUT2D eigenvalue weighted by Crippen LogP contribution is 2.40. The van der Waals surface area contributed by atoms with Crippen LogP contribution in [-0.4, -0.2) is 103 Å². The fourth-order valence-electron chi connectivity index (χ4n) is 10.6. The Morgan fingerprint density at radius 3 is 1.49 bits per heavy atom. The molecule has 0 aromatic heterocycles. The number of imide groups is 1. The average Bonchev–Trinajstić information content (AvgIpc) is 3.84. The zero-order valence-corrected chi connectivity index (χ0v) is 44.2. The SMILES string of the molecule is COc1ccc(O[C@@H]2O[C@H](COCc3ccccc3)[C@@H](O[C@H]3O[C@@H](CO)[C@H](OCc4ccccc4)[C@@H](OCc4ccc5ccccc5c4)[C@H]3OCc3ccccc3)[C@H](OCc3ccccc3)[C@H]2N2C(=O)c3ccccc3C2=O)cc1. The van der Waals surface area contributed by atoms with Crippen molar-refractivity contribution in [2.24, 2.45) is 0 Å². The number of hydrogen-bond donors (Lipinski definition) is 1. The molecule has 0 radical (unpaired) electrons. The molecule has 2 amide bonds. The maximum absolute atomic E-state index is 14.9. The van der Waals surface area contributed by atoms with E-state index >= 15 is 0 Å². The van der Waals surface area contributed by atoms with Gasteiger partial charge in [0.25, 0.3) is 11.8 Å². The highest BCUT2D eigenvalue weighted by molar-refractivity contribution is 6.21. The molecule has 8 aromatic carbocycles. The summed E-state index contributed by atoms with van der Waals surface area (Å²) in [6.07, 6.45) is -10.1. The average molecular weight is 1080 g/mol. The van der Waals surface area contributed by atoms with Crippen molar-refractivity contribution >= 4 is 22.6 Å². The van der Waals surface area contributed by atoms with Crippen LogP contribution < -0.4 is 9.47 Å². The summed E-state index contributed by atoms with van der Waals surface area (Å²) in [7, 11) is 1.57. The highest BCUT2D eigenvalue weighted by atomic mass is 16.8. The third-order valence-corrected chi connectivity index (χ3v) is 14.6. The van der Waals surface area contributed by atoms with E-state index in [4.69, 9.17) is 47.4 Å². The van der Waals surface area contributed by atoms with Crippen molar-refractivity contribution in [3.8, 4) is 11.5 Å². The number of benzene rings is 8. The number of nitrogens with zero attached hydrogens (tertiary/aromatic N) is 1. The molecule has 1 N–H and O–H groups in total. The van der Waals surface area contributed by atoms with Crippen molar-refractivity contribution in [2.45, 2.75) is 94.4 Å². The topological polar surface area (TPSA) is 150 Å². The molecule has 2 fully saturated rings. The van der Waals surface area contributed by atoms with Crippen LogP contribution in [0.15, 0.2) is 212 Å². The first-order chi connectivity index (χ1) is 39.4. The summed E-state index contributed by atoms with van der Waals surface area (Å²) in [5.41, 5.74) is 4.83. The van der Waals surface area contributed by atoms with Crippen molar-refractivity contribution in [1.82, 2.24) is 4.90 Å². The second kappa shape index (κ2) is 26.1. The molecule has 0 spiro atoms. The largest absolute Gasteiger partial charge is 0.497 e. The summed E-state index contributed by atoms with van der Waals surface area (Å²) < 4.78 is 68.4. The Morgan fingerprint density at radius 2 is 0.912 bits per heavy atom. The fourth-order valence-corrected chi connectivity index (χ4v) is 10.6. The predicted octanol–water partition coefficient (Wildman–Crippen LogP) is 10.3. The minimum atomic E-state index is -1.35. The molecule has 14 heteroatoms. The van der Waals surface area contributed by atoms with Gasteiger partial charge in [0.05, 0.1) is 64.5 Å². The van der Waals surface area contributed by atoms with Gasteiger partial charge in [-0.15, -0.1) is 0 Å². The molecule has 8 aromatic rings. The monoisotopic (exact) mass is 1080 g/mol. The lowest BCUT2D eigenvalue weighted by molar-refractivity contribution is -0.363. The van der Waals surface area contributed by atoms with Gasteiger partial charge in [0.2, 0.25) is 6.29 Å². The lowest BCUT2D eigenvalue weighted by atomic mass is 9.93. The minimum Gasteiger partial charge on any atom is -0.497 e. The van der Waals surface area contributed by atoms with Crippen molar-refractivity contribution < 1.29 is 62.1 Å². The number of hydrogen-bond acceptors (Lipinski definition) is 13. The Labute approximate surface area is 465 Å². The quantitative estimate of drug-likeness (QED) is 0.0606. The van der Waals surface area contributed by atoms with Gasteiger partial charge in [-0.2, -0.15) is 0 Å². The summed E-state index contributed by atoms with van der Waals surface area (Å²) >= 11 is 0. The number of fused-ring (bicyclic) bond motifs is 2. The second-order valence-electron chi connectivity index (χ2n) is 19.9. The minimum absolute atomic E-state index is 0.0174. The van der Waals surface area contributed by atoms with Crippen LogP contribution in [0.3, 0.4) is 0 Å². The molecule has 0 saturated carbocycles. The van der Waals surface area contributed by atoms with Gasteiger partial charge < -0.3 is 52.5 Å². The van der Waals surface area contributed by atoms with Gasteiger partial charge in [-0.3, -0.25) is 14.5 Å². The van der Waals surface area contributed by atoms with Crippen LogP contribution in [0.2, 0.25) is 0 Å². The van der Waals surface area contributed by atoms with Gasteiger partial charge in [0.1, 0.15) is 60.3 Å². The van der Waals surface area contributed by atoms with E-state index < -0.39 is 79.8 Å². The summed E-state index contributed by atoms with van der Waals surface area (Å²) in [6.45, 7) is 0.0521. The van der Waals surface area contributed by atoms with Crippen LogP contribution in [0.1, 0.15) is 48.5 Å². The number of rotatable bonds is 23. The number of ether oxygens (including phenoxy) is 10. The molecule has 10 atom stereocenters. The van der Waals surface area contributed by atoms with Gasteiger partial charge in [0, 0.05) is 0 Å². The molecule has 3 aliphatic rings. The number of carbonyl (C=O) groups excluding carboxylic acids is 2. The maximum Gasteiger partial charge on any atom is 0.262 e. The van der Waals surface area contributed by atoms with E-state index in [-0.39, 0.29) is 50.8 Å². The number of aliphatic hydroxyl groups is 1. The molecule has 14 nitrogen and oxygen atoms in total. The Balaban J connectivity index is 1.02.